The van der Waals surface area contributed by atoms with E-state index in [1.54, 1.807) is 4.88 Å². The molecule has 2 aromatic rings. The van der Waals surface area contributed by atoms with Crippen LogP contribution in [0, 0.1) is 6.92 Å². The number of nitrogens with two attached hydrogens (primary N) is 1. The maximum absolute atomic E-state index is 6.36. The van der Waals surface area contributed by atoms with E-state index in [1.165, 1.54) is 40.8 Å². The molecule has 0 spiro atoms. The van der Waals surface area contributed by atoms with E-state index in [9.17, 15) is 0 Å². The molecule has 88 valence electrons. The van der Waals surface area contributed by atoms with E-state index in [1.807, 2.05) is 11.3 Å². The maximum atomic E-state index is 6.36. The highest BCUT2D eigenvalue weighted by molar-refractivity contribution is 7.12. The first-order valence-electron chi connectivity index (χ1n) is 6.17. The molecule has 2 heteroatoms. The molecule has 0 saturated heterocycles. The summed E-state index contributed by atoms with van der Waals surface area (Å²) in [6.45, 7) is 2.12. The second kappa shape index (κ2) is 4.28. The van der Waals surface area contributed by atoms with Crippen LogP contribution in [0.25, 0.3) is 0 Å². The van der Waals surface area contributed by atoms with Gasteiger partial charge in [0.25, 0.3) is 0 Å². The van der Waals surface area contributed by atoms with Gasteiger partial charge < -0.3 is 5.73 Å². The summed E-state index contributed by atoms with van der Waals surface area (Å²) < 4.78 is 0. The fourth-order valence-corrected chi connectivity index (χ4v) is 3.82. The zero-order valence-electron chi connectivity index (χ0n) is 10.1. The molecule has 1 nitrogen and oxygen atoms in total. The molecular formula is C15H17NS. The first-order chi connectivity index (χ1) is 8.24. The lowest BCUT2D eigenvalue weighted by molar-refractivity contribution is 0.880. The summed E-state index contributed by atoms with van der Waals surface area (Å²) in [5.41, 5.74) is 10.4. The maximum Gasteiger partial charge on any atom is 0.0646 e. The van der Waals surface area contributed by atoms with E-state index in [2.05, 4.69) is 37.3 Å². The summed E-state index contributed by atoms with van der Waals surface area (Å²) >= 11 is 1.91. The first kappa shape index (κ1) is 11.0. The van der Waals surface area contributed by atoms with Crippen LogP contribution in [0.2, 0.25) is 0 Å². The minimum atomic E-state index is 0.0468. The van der Waals surface area contributed by atoms with Gasteiger partial charge in [0, 0.05) is 9.75 Å². The summed E-state index contributed by atoms with van der Waals surface area (Å²) in [6.07, 6.45) is 3.81. The molecule has 1 aliphatic carbocycles. The SMILES string of the molecule is Cc1cccc(C(N)c2cc3c(s2)CCC3)c1. The molecule has 1 heterocycles. The minimum Gasteiger partial charge on any atom is -0.320 e. The monoisotopic (exact) mass is 243 g/mol. The summed E-state index contributed by atoms with van der Waals surface area (Å²) in [4.78, 5) is 2.88. The molecule has 1 unspecified atom stereocenters. The fourth-order valence-electron chi connectivity index (χ4n) is 2.53. The molecule has 1 aromatic heterocycles. The standard InChI is InChI=1S/C15H17NS/c1-10-4-2-6-12(8-10)15(16)14-9-11-5-3-7-13(11)17-14/h2,4,6,8-9,15H,3,5,7,16H2,1H3. The van der Waals surface area contributed by atoms with E-state index in [-0.39, 0.29) is 6.04 Å². The highest BCUT2D eigenvalue weighted by atomic mass is 32.1. The van der Waals surface area contributed by atoms with Gasteiger partial charge in [0.05, 0.1) is 6.04 Å². The van der Waals surface area contributed by atoms with Crippen LogP contribution in [0.5, 0.6) is 0 Å². The van der Waals surface area contributed by atoms with E-state index >= 15 is 0 Å². The number of benzene rings is 1. The number of hydrogen-bond acceptors (Lipinski definition) is 2. The summed E-state index contributed by atoms with van der Waals surface area (Å²) in [5.74, 6) is 0. The van der Waals surface area contributed by atoms with Crippen molar-refractivity contribution in [2.45, 2.75) is 32.2 Å². The Morgan fingerprint density at radius 3 is 2.88 bits per heavy atom. The number of fused-ring (bicyclic) bond motifs is 1. The summed E-state index contributed by atoms with van der Waals surface area (Å²) in [5, 5.41) is 0. The zero-order chi connectivity index (χ0) is 11.8. The normalized spacial score (nSPS) is 15.9. The Bertz CT molecular complexity index is 520. The molecule has 0 amide bonds. The van der Waals surface area contributed by atoms with Gasteiger partial charge in [-0.25, -0.2) is 0 Å². The topological polar surface area (TPSA) is 26.0 Å². The molecule has 0 saturated carbocycles. The van der Waals surface area contributed by atoms with E-state index < -0.39 is 0 Å². The Hall–Kier alpha value is -1.12. The Morgan fingerprint density at radius 1 is 1.24 bits per heavy atom. The summed E-state index contributed by atoms with van der Waals surface area (Å²) in [6, 6.07) is 10.9. The van der Waals surface area contributed by atoms with Gasteiger partial charge in [0.1, 0.15) is 0 Å². The highest BCUT2D eigenvalue weighted by Crippen LogP contribution is 2.35. The number of thiophene rings is 1. The van der Waals surface area contributed by atoms with Gasteiger partial charge in [0.2, 0.25) is 0 Å². The third kappa shape index (κ3) is 2.03. The largest absolute Gasteiger partial charge is 0.320 e. The van der Waals surface area contributed by atoms with Crippen LogP contribution in [-0.2, 0) is 12.8 Å². The van der Waals surface area contributed by atoms with Gasteiger partial charge in [-0.3, -0.25) is 0 Å². The van der Waals surface area contributed by atoms with Crippen molar-refractivity contribution in [3.05, 3.63) is 56.8 Å². The van der Waals surface area contributed by atoms with Crippen LogP contribution in [0.1, 0.15) is 38.9 Å². The molecule has 1 aliphatic rings. The van der Waals surface area contributed by atoms with Crippen molar-refractivity contribution < 1.29 is 0 Å². The molecule has 17 heavy (non-hydrogen) atoms. The van der Waals surface area contributed by atoms with Gasteiger partial charge in [-0.2, -0.15) is 0 Å². The van der Waals surface area contributed by atoms with Crippen molar-refractivity contribution in [3.63, 3.8) is 0 Å². The third-order valence-electron chi connectivity index (χ3n) is 3.47. The smallest absolute Gasteiger partial charge is 0.0646 e. The molecule has 1 aromatic carbocycles. The Labute approximate surface area is 106 Å². The van der Waals surface area contributed by atoms with Crippen LogP contribution in [0.15, 0.2) is 30.3 Å². The van der Waals surface area contributed by atoms with Gasteiger partial charge in [0.15, 0.2) is 0 Å². The predicted molar refractivity (Wildman–Crippen MR) is 73.6 cm³/mol. The van der Waals surface area contributed by atoms with Crippen LogP contribution < -0.4 is 5.73 Å². The summed E-state index contributed by atoms with van der Waals surface area (Å²) in [7, 11) is 0. The predicted octanol–water partition coefficient (Wildman–Crippen LogP) is 3.59. The average Bonchev–Trinajstić information content (AvgIpc) is 2.88. The van der Waals surface area contributed by atoms with Crippen LogP contribution >= 0.6 is 11.3 Å². The van der Waals surface area contributed by atoms with Crippen LogP contribution in [0.3, 0.4) is 0 Å². The fraction of sp³-hybridized carbons (Fsp3) is 0.333. The lowest BCUT2D eigenvalue weighted by atomic mass is 10.0. The minimum absolute atomic E-state index is 0.0468. The molecule has 0 radical (unpaired) electrons. The van der Waals surface area contributed by atoms with E-state index in [0.29, 0.717) is 0 Å². The Morgan fingerprint density at radius 2 is 2.12 bits per heavy atom. The quantitative estimate of drug-likeness (QED) is 0.857. The van der Waals surface area contributed by atoms with E-state index in [0.717, 1.165) is 0 Å². The van der Waals surface area contributed by atoms with Gasteiger partial charge in [-0.15, -0.1) is 11.3 Å². The highest BCUT2D eigenvalue weighted by Gasteiger charge is 2.18. The second-order valence-electron chi connectivity index (χ2n) is 4.84. The van der Waals surface area contributed by atoms with Crippen molar-refractivity contribution in [3.8, 4) is 0 Å². The van der Waals surface area contributed by atoms with Gasteiger partial charge in [-0.05, 0) is 43.4 Å². The van der Waals surface area contributed by atoms with E-state index in [4.69, 9.17) is 5.73 Å². The Balaban J connectivity index is 1.93. The van der Waals surface area contributed by atoms with Crippen molar-refractivity contribution in [2.75, 3.05) is 0 Å². The Kier molecular flexibility index (Phi) is 2.77. The molecule has 3 rings (SSSR count). The molecule has 2 N–H and O–H groups in total. The molecule has 0 bridgehead atoms. The van der Waals surface area contributed by atoms with Gasteiger partial charge >= 0.3 is 0 Å². The lowest BCUT2D eigenvalue weighted by Crippen LogP contribution is -2.10. The molecule has 0 fully saturated rings. The lowest BCUT2D eigenvalue weighted by Gasteiger charge is -2.10. The van der Waals surface area contributed by atoms with Crippen molar-refractivity contribution in [2.24, 2.45) is 5.73 Å². The van der Waals surface area contributed by atoms with Crippen molar-refractivity contribution >= 4 is 11.3 Å². The first-order valence-corrected chi connectivity index (χ1v) is 6.99. The van der Waals surface area contributed by atoms with Crippen molar-refractivity contribution in [1.82, 2.24) is 0 Å². The van der Waals surface area contributed by atoms with Crippen LogP contribution in [0.4, 0.5) is 0 Å². The molecule has 1 atom stereocenters. The van der Waals surface area contributed by atoms with Gasteiger partial charge in [-0.1, -0.05) is 29.8 Å². The zero-order valence-corrected chi connectivity index (χ0v) is 10.9. The number of rotatable bonds is 2. The average molecular weight is 243 g/mol. The molecule has 0 aliphatic heterocycles. The molecular weight excluding hydrogens is 226 g/mol. The number of hydrogen-bond donors (Lipinski definition) is 1. The second-order valence-corrected chi connectivity index (χ2v) is 6.01. The third-order valence-corrected chi connectivity index (χ3v) is 4.79. The van der Waals surface area contributed by atoms with Crippen molar-refractivity contribution in [1.29, 1.82) is 0 Å². The number of aryl methyl sites for hydroxylation is 3. The van der Waals surface area contributed by atoms with Crippen LogP contribution in [-0.4, -0.2) is 0 Å².